The van der Waals surface area contributed by atoms with E-state index in [0.717, 1.165) is 0 Å². The summed E-state index contributed by atoms with van der Waals surface area (Å²) in [5.74, 6) is -0.921. The maximum Gasteiger partial charge on any atom is 0.243 e. The number of nitrogens with one attached hydrogen (secondary N) is 1. The Morgan fingerprint density at radius 1 is 1.53 bits per heavy atom. The highest BCUT2D eigenvalue weighted by molar-refractivity contribution is 9.10. The Morgan fingerprint density at radius 3 is 2.67 bits per heavy atom. The molecule has 82 valence electrons. The van der Waals surface area contributed by atoms with Gasteiger partial charge in [-0.05, 0) is 32.0 Å². The van der Waals surface area contributed by atoms with Gasteiger partial charge in [-0.25, -0.2) is 4.39 Å². The van der Waals surface area contributed by atoms with Crippen LogP contribution >= 0.6 is 15.9 Å². The summed E-state index contributed by atoms with van der Waals surface area (Å²) < 4.78 is 13.9. The number of benzene rings is 1. The number of halogens is 2. The lowest BCUT2D eigenvalue weighted by molar-refractivity contribution is -0.120. The number of nitrogens with two attached hydrogens (primary N) is 1. The molecule has 15 heavy (non-hydrogen) atoms. The summed E-state index contributed by atoms with van der Waals surface area (Å²) >= 11 is 3.19. The molecule has 0 saturated heterocycles. The van der Waals surface area contributed by atoms with E-state index in [9.17, 15) is 9.18 Å². The van der Waals surface area contributed by atoms with Crippen LogP contribution in [0.5, 0.6) is 0 Å². The van der Waals surface area contributed by atoms with Gasteiger partial charge in [0.05, 0.1) is 11.2 Å². The zero-order chi connectivity index (χ0) is 11.6. The van der Waals surface area contributed by atoms with Crippen molar-refractivity contribution in [2.45, 2.75) is 19.4 Å². The number of hydrogen-bond acceptors (Lipinski definition) is 2. The molecule has 1 aromatic carbocycles. The van der Waals surface area contributed by atoms with Crippen LogP contribution in [0.4, 0.5) is 10.1 Å². The Morgan fingerprint density at radius 2 is 2.13 bits per heavy atom. The average Bonchev–Trinajstić information content (AvgIpc) is 2.09. The number of rotatable bonds is 2. The van der Waals surface area contributed by atoms with Crippen LogP contribution in [-0.2, 0) is 4.79 Å². The third-order valence-corrected chi connectivity index (χ3v) is 2.26. The van der Waals surface area contributed by atoms with Gasteiger partial charge in [-0.1, -0.05) is 15.9 Å². The van der Waals surface area contributed by atoms with E-state index in [2.05, 4.69) is 21.2 Å². The molecule has 0 bridgehead atoms. The maximum absolute atomic E-state index is 13.2. The first kappa shape index (κ1) is 12.1. The van der Waals surface area contributed by atoms with E-state index in [1.807, 2.05) is 0 Å². The second-order valence-electron chi connectivity index (χ2n) is 3.80. The van der Waals surface area contributed by atoms with Crippen molar-refractivity contribution < 1.29 is 9.18 Å². The third-order valence-electron chi connectivity index (χ3n) is 1.76. The van der Waals surface area contributed by atoms with E-state index in [-0.39, 0.29) is 5.69 Å². The standard InChI is InChI=1S/C10H12BrFN2O/c1-10(2,13)9(15)14-8-5-6(11)3-4-7(8)12/h3-5H,13H2,1-2H3,(H,14,15). The molecule has 0 aliphatic carbocycles. The maximum atomic E-state index is 13.2. The van der Waals surface area contributed by atoms with Crippen LogP contribution in [0, 0.1) is 5.82 Å². The van der Waals surface area contributed by atoms with Crippen molar-refractivity contribution in [3.63, 3.8) is 0 Å². The van der Waals surface area contributed by atoms with Crippen molar-refractivity contribution in [1.29, 1.82) is 0 Å². The van der Waals surface area contributed by atoms with Gasteiger partial charge in [0.15, 0.2) is 0 Å². The number of hydrogen-bond donors (Lipinski definition) is 2. The van der Waals surface area contributed by atoms with Gasteiger partial charge in [0.25, 0.3) is 0 Å². The van der Waals surface area contributed by atoms with Gasteiger partial charge in [0.2, 0.25) is 5.91 Å². The molecule has 0 fully saturated rings. The Kier molecular flexibility index (Phi) is 3.46. The molecule has 1 rings (SSSR count). The molecule has 3 nitrogen and oxygen atoms in total. The van der Waals surface area contributed by atoms with Gasteiger partial charge in [0.1, 0.15) is 5.82 Å². The Hall–Kier alpha value is -0.940. The molecule has 5 heteroatoms. The van der Waals surface area contributed by atoms with Crippen LogP contribution in [0.15, 0.2) is 22.7 Å². The summed E-state index contributed by atoms with van der Waals surface area (Å²) in [6.07, 6.45) is 0. The normalized spacial score (nSPS) is 11.3. The molecule has 0 radical (unpaired) electrons. The van der Waals surface area contributed by atoms with E-state index < -0.39 is 17.3 Å². The van der Waals surface area contributed by atoms with Gasteiger partial charge in [-0.3, -0.25) is 4.79 Å². The zero-order valence-electron chi connectivity index (χ0n) is 8.47. The first-order chi connectivity index (χ1) is 6.80. The minimum atomic E-state index is -1.03. The van der Waals surface area contributed by atoms with Crippen molar-refractivity contribution in [1.82, 2.24) is 0 Å². The Balaban J connectivity index is 2.90. The average molecular weight is 275 g/mol. The summed E-state index contributed by atoms with van der Waals surface area (Å²) in [4.78, 5) is 11.5. The first-order valence-corrected chi connectivity index (χ1v) is 5.15. The fourth-order valence-electron chi connectivity index (χ4n) is 0.877. The third kappa shape index (κ3) is 3.28. The second-order valence-corrected chi connectivity index (χ2v) is 4.72. The second kappa shape index (κ2) is 4.28. The molecule has 0 aliphatic rings. The van der Waals surface area contributed by atoms with Crippen LogP contribution < -0.4 is 11.1 Å². The number of amides is 1. The molecule has 1 amide bonds. The van der Waals surface area contributed by atoms with Crippen LogP contribution in [0.25, 0.3) is 0 Å². The topological polar surface area (TPSA) is 55.1 Å². The van der Waals surface area contributed by atoms with E-state index in [1.165, 1.54) is 12.1 Å². The lowest BCUT2D eigenvalue weighted by atomic mass is 10.1. The molecule has 0 unspecified atom stereocenters. The van der Waals surface area contributed by atoms with E-state index in [1.54, 1.807) is 19.9 Å². The van der Waals surface area contributed by atoms with Crippen LogP contribution in [0.2, 0.25) is 0 Å². The molecular weight excluding hydrogens is 263 g/mol. The van der Waals surface area contributed by atoms with E-state index in [0.29, 0.717) is 4.47 Å². The van der Waals surface area contributed by atoms with Crippen molar-refractivity contribution in [3.8, 4) is 0 Å². The van der Waals surface area contributed by atoms with E-state index in [4.69, 9.17) is 5.73 Å². The predicted octanol–water partition coefficient (Wildman–Crippen LogP) is 2.26. The predicted molar refractivity (Wildman–Crippen MR) is 61.0 cm³/mol. The molecular formula is C10H12BrFN2O. The number of carbonyl (C=O) groups is 1. The lowest BCUT2D eigenvalue weighted by Crippen LogP contribution is -2.45. The van der Waals surface area contributed by atoms with Gasteiger partial charge < -0.3 is 11.1 Å². The molecule has 3 N–H and O–H groups in total. The molecule has 0 aromatic heterocycles. The molecule has 0 spiro atoms. The largest absolute Gasteiger partial charge is 0.322 e. The quantitative estimate of drug-likeness (QED) is 0.869. The number of carbonyl (C=O) groups excluding carboxylic acids is 1. The summed E-state index contributed by atoms with van der Waals surface area (Å²) in [6, 6.07) is 4.31. The first-order valence-electron chi connectivity index (χ1n) is 4.36. The highest BCUT2D eigenvalue weighted by Gasteiger charge is 2.22. The van der Waals surface area contributed by atoms with E-state index >= 15 is 0 Å². The molecule has 0 heterocycles. The van der Waals surface area contributed by atoms with Crippen LogP contribution in [0.3, 0.4) is 0 Å². The van der Waals surface area contributed by atoms with Crippen molar-refractivity contribution in [3.05, 3.63) is 28.5 Å². The summed E-state index contributed by atoms with van der Waals surface area (Å²) in [5.41, 5.74) is 4.65. The van der Waals surface area contributed by atoms with Crippen molar-refractivity contribution in [2.75, 3.05) is 5.32 Å². The van der Waals surface area contributed by atoms with Gasteiger partial charge in [0, 0.05) is 4.47 Å². The number of anilines is 1. The fraction of sp³-hybridized carbons (Fsp3) is 0.300. The zero-order valence-corrected chi connectivity index (χ0v) is 10.1. The van der Waals surface area contributed by atoms with Crippen LogP contribution in [0.1, 0.15) is 13.8 Å². The molecule has 1 aromatic rings. The highest BCUT2D eigenvalue weighted by atomic mass is 79.9. The SMILES string of the molecule is CC(C)(N)C(=O)Nc1cc(Br)ccc1F. The fourth-order valence-corrected chi connectivity index (χ4v) is 1.24. The summed E-state index contributed by atoms with van der Waals surface area (Å²) in [6.45, 7) is 3.11. The van der Waals surface area contributed by atoms with Gasteiger partial charge in [-0.15, -0.1) is 0 Å². The highest BCUT2D eigenvalue weighted by Crippen LogP contribution is 2.20. The van der Waals surface area contributed by atoms with Crippen LogP contribution in [-0.4, -0.2) is 11.4 Å². The summed E-state index contributed by atoms with van der Waals surface area (Å²) in [5, 5.41) is 2.42. The van der Waals surface area contributed by atoms with Crippen molar-refractivity contribution in [2.24, 2.45) is 5.73 Å². The molecule has 0 saturated carbocycles. The summed E-state index contributed by atoms with van der Waals surface area (Å²) in [7, 11) is 0. The monoisotopic (exact) mass is 274 g/mol. The van der Waals surface area contributed by atoms with Crippen molar-refractivity contribution >= 4 is 27.5 Å². The molecule has 0 atom stereocenters. The van der Waals surface area contributed by atoms with Gasteiger partial charge >= 0.3 is 0 Å². The minimum absolute atomic E-state index is 0.118. The lowest BCUT2D eigenvalue weighted by Gasteiger charge is -2.18. The molecule has 0 aliphatic heterocycles. The Bertz CT molecular complexity index is 387. The smallest absolute Gasteiger partial charge is 0.243 e. The van der Waals surface area contributed by atoms with Gasteiger partial charge in [-0.2, -0.15) is 0 Å². The minimum Gasteiger partial charge on any atom is -0.322 e. The Labute approximate surface area is 96.0 Å².